The maximum absolute atomic E-state index is 5.43. The maximum atomic E-state index is 5.43. The summed E-state index contributed by atoms with van der Waals surface area (Å²) in [6.45, 7) is 3.84. The van der Waals surface area contributed by atoms with Gasteiger partial charge in [-0.2, -0.15) is 0 Å². The van der Waals surface area contributed by atoms with Crippen molar-refractivity contribution in [1.82, 2.24) is 10.2 Å². The highest BCUT2D eigenvalue weighted by Crippen LogP contribution is 2.35. The second-order valence-electron chi connectivity index (χ2n) is 5.47. The number of likely N-dealkylation sites (N-methyl/N-ethyl adjacent to an activating group) is 1. The number of halogens is 1. The van der Waals surface area contributed by atoms with Gasteiger partial charge in [-0.3, -0.25) is 4.99 Å². The summed E-state index contributed by atoms with van der Waals surface area (Å²) in [5.41, 5.74) is 0.332. The number of guanidine groups is 1. The van der Waals surface area contributed by atoms with Crippen molar-refractivity contribution in [1.29, 1.82) is 0 Å². The molecule has 1 N–H and O–H groups in total. The van der Waals surface area contributed by atoms with Crippen LogP contribution >= 0.6 is 24.0 Å². The fraction of sp³-hybridized carbons (Fsp3) is 0.923. The van der Waals surface area contributed by atoms with Crippen LogP contribution in [0.1, 0.15) is 32.1 Å². The van der Waals surface area contributed by atoms with E-state index in [1.165, 1.54) is 32.1 Å². The number of methoxy groups -OCH3 is 1. The highest BCUT2D eigenvalue weighted by atomic mass is 127. The van der Waals surface area contributed by atoms with Crippen LogP contribution in [0.5, 0.6) is 0 Å². The topological polar surface area (TPSA) is 36.9 Å². The van der Waals surface area contributed by atoms with Crippen LogP contribution in [0, 0.1) is 5.41 Å². The quantitative estimate of drug-likeness (QED) is 0.774. The number of nitrogens with one attached hydrogen (secondary N) is 1. The predicted molar refractivity (Wildman–Crippen MR) is 85.7 cm³/mol. The molecule has 4 nitrogen and oxygen atoms in total. The molecule has 106 valence electrons. The lowest BCUT2D eigenvalue weighted by molar-refractivity contribution is 0.0514. The Kier molecular flexibility index (Phi) is 6.70. The molecule has 2 rings (SSSR count). The van der Waals surface area contributed by atoms with Crippen molar-refractivity contribution in [3.8, 4) is 0 Å². The molecule has 5 heteroatoms. The highest BCUT2D eigenvalue weighted by Gasteiger charge is 2.32. The van der Waals surface area contributed by atoms with Crippen molar-refractivity contribution < 1.29 is 4.74 Å². The molecular weight excluding hydrogens is 341 g/mol. The minimum atomic E-state index is 0. The van der Waals surface area contributed by atoms with E-state index in [0.29, 0.717) is 5.41 Å². The largest absolute Gasteiger partial charge is 0.384 e. The lowest BCUT2D eigenvalue weighted by Crippen LogP contribution is -2.45. The van der Waals surface area contributed by atoms with Gasteiger partial charge in [-0.05, 0) is 12.8 Å². The first-order valence-electron chi connectivity index (χ1n) is 6.74. The van der Waals surface area contributed by atoms with Crippen LogP contribution in [0.2, 0.25) is 0 Å². The normalized spacial score (nSPS) is 22.3. The highest BCUT2D eigenvalue weighted by molar-refractivity contribution is 14.0. The van der Waals surface area contributed by atoms with Gasteiger partial charge in [0.05, 0.1) is 13.2 Å². The molecule has 1 aliphatic carbocycles. The Balaban J connectivity index is 0.00000162. The SMILES string of the molecule is COCC1(CNC2=NCCN2C)CCCCC1.I. The Labute approximate surface area is 128 Å². The summed E-state index contributed by atoms with van der Waals surface area (Å²) < 4.78 is 5.43. The molecule has 18 heavy (non-hydrogen) atoms. The molecule has 0 saturated heterocycles. The zero-order valence-corrected chi connectivity index (χ0v) is 13.9. The van der Waals surface area contributed by atoms with E-state index in [2.05, 4.69) is 22.3 Å². The second-order valence-corrected chi connectivity index (χ2v) is 5.47. The standard InChI is InChI=1S/C13H25N3O.HI/c1-16-9-8-14-12(16)15-10-13(11-17-2)6-4-3-5-7-13;/h3-11H2,1-2H3,(H,14,15);1H. The van der Waals surface area contributed by atoms with Gasteiger partial charge in [0.1, 0.15) is 0 Å². The lowest BCUT2D eigenvalue weighted by atomic mass is 9.74. The van der Waals surface area contributed by atoms with Crippen molar-refractivity contribution in [3.05, 3.63) is 0 Å². The van der Waals surface area contributed by atoms with Crippen LogP contribution in [0.3, 0.4) is 0 Å². The monoisotopic (exact) mass is 367 g/mol. The van der Waals surface area contributed by atoms with E-state index in [9.17, 15) is 0 Å². The average Bonchev–Trinajstić information content (AvgIpc) is 2.74. The lowest BCUT2D eigenvalue weighted by Gasteiger charge is -2.37. The fourth-order valence-electron chi connectivity index (χ4n) is 2.97. The van der Waals surface area contributed by atoms with Crippen LogP contribution in [0.25, 0.3) is 0 Å². The van der Waals surface area contributed by atoms with Crippen molar-refractivity contribution in [2.75, 3.05) is 40.4 Å². The van der Waals surface area contributed by atoms with Crippen molar-refractivity contribution in [2.24, 2.45) is 10.4 Å². The van der Waals surface area contributed by atoms with E-state index in [1.54, 1.807) is 0 Å². The summed E-state index contributed by atoms with van der Waals surface area (Å²) in [5, 5.41) is 3.52. The average molecular weight is 367 g/mol. The molecule has 2 aliphatic rings. The Hall–Kier alpha value is -0.0400. The third-order valence-electron chi connectivity index (χ3n) is 4.04. The number of ether oxygens (including phenoxy) is 1. The summed E-state index contributed by atoms with van der Waals surface area (Å²) in [6.07, 6.45) is 6.63. The molecule has 0 aromatic rings. The van der Waals surface area contributed by atoms with Crippen LogP contribution in [0.15, 0.2) is 4.99 Å². The molecule has 0 spiro atoms. The van der Waals surface area contributed by atoms with Gasteiger partial charge in [0.15, 0.2) is 5.96 Å². The summed E-state index contributed by atoms with van der Waals surface area (Å²) >= 11 is 0. The fourth-order valence-corrected chi connectivity index (χ4v) is 2.97. The Morgan fingerprint density at radius 2 is 2.06 bits per heavy atom. The zero-order valence-electron chi connectivity index (χ0n) is 11.6. The molecule has 0 aromatic heterocycles. The second kappa shape index (κ2) is 7.53. The van der Waals surface area contributed by atoms with Crippen LogP contribution in [0.4, 0.5) is 0 Å². The Morgan fingerprint density at radius 1 is 1.33 bits per heavy atom. The number of hydrogen-bond donors (Lipinski definition) is 1. The zero-order chi connectivity index (χ0) is 12.1. The molecule has 0 bridgehead atoms. The molecule has 0 radical (unpaired) electrons. The number of aliphatic imine (C=N–C) groups is 1. The van der Waals surface area contributed by atoms with Gasteiger partial charge in [-0.1, -0.05) is 19.3 Å². The van der Waals surface area contributed by atoms with Crippen LogP contribution < -0.4 is 5.32 Å². The third-order valence-corrected chi connectivity index (χ3v) is 4.04. The van der Waals surface area contributed by atoms with Gasteiger partial charge >= 0.3 is 0 Å². The molecule has 0 atom stereocenters. The molecule has 0 aromatic carbocycles. The van der Waals surface area contributed by atoms with E-state index in [1.807, 2.05) is 7.11 Å². The maximum Gasteiger partial charge on any atom is 0.193 e. The smallest absolute Gasteiger partial charge is 0.193 e. The first kappa shape index (κ1) is 16.0. The summed E-state index contributed by atoms with van der Waals surface area (Å²) in [4.78, 5) is 6.68. The Bertz CT molecular complexity index is 272. The number of rotatable bonds is 4. The number of hydrogen-bond acceptors (Lipinski definition) is 4. The summed E-state index contributed by atoms with van der Waals surface area (Å²) in [7, 11) is 3.91. The first-order chi connectivity index (χ1) is 8.26. The van der Waals surface area contributed by atoms with Crippen molar-refractivity contribution in [3.63, 3.8) is 0 Å². The predicted octanol–water partition coefficient (Wildman–Crippen LogP) is 2.09. The molecule has 1 saturated carbocycles. The summed E-state index contributed by atoms with van der Waals surface area (Å²) in [6, 6.07) is 0. The van der Waals surface area contributed by atoms with E-state index >= 15 is 0 Å². The van der Waals surface area contributed by atoms with Gasteiger partial charge < -0.3 is 15.0 Å². The van der Waals surface area contributed by atoms with Crippen molar-refractivity contribution >= 4 is 29.9 Å². The first-order valence-corrected chi connectivity index (χ1v) is 6.74. The molecular formula is C13H26IN3O. The van der Waals surface area contributed by atoms with Crippen LogP contribution in [-0.2, 0) is 4.74 Å². The van der Waals surface area contributed by atoms with Gasteiger partial charge in [-0.25, -0.2) is 0 Å². The Morgan fingerprint density at radius 3 is 2.61 bits per heavy atom. The molecule has 0 amide bonds. The van der Waals surface area contributed by atoms with Gasteiger partial charge in [0.2, 0.25) is 0 Å². The van der Waals surface area contributed by atoms with E-state index in [-0.39, 0.29) is 24.0 Å². The van der Waals surface area contributed by atoms with Gasteiger partial charge in [0.25, 0.3) is 0 Å². The van der Waals surface area contributed by atoms with E-state index < -0.39 is 0 Å². The third kappa shape index (κ3) is 3.98. The van der Waals surface area contributed by atoms with Gasteiger partial charge in [-0.15, -0.1) is 24.0 Å². The minimum Gasteiger partial charge on any atom is -0.384 e. The molecule has 1 fully saturated rings. The molecule has 1 heterocycles. The number of nitrogens with zero attached hydrogens (tertiary/aromatic N) is 2. The minimum absolute atomic E-state index is 0. The summed E-state index contributed by atoms with van der Waals surface area (Å²) in [5.74, 6) is 1.06. The van der Waals surface area contributed by atoms with Gasteiger partial charge in [0, 0.05) is 32.7 Å². The van der Waals surface area contributed by atoms with Crippen molar-refractivity contribution in [2.45, 2.75) is 32.1 Å². The molecule has 0 unspecified atom stereocenters. The molecule has 1 aliphatic heterocycles. The van der Waals surface area contributed by atoms with E-state index in [4.69, 9.17) is 4.74 Å². The van der Waals surface area contributed by atoms with E-state index in [0.717, 1.165) is 32.2 Å². The van der Waals surface area contributed by atoms with Crippen LogP contribution in [-0.4, -0.2) is 51.3 Å².